The van der Waals surface area contributed by atoms with Gasteiger partial charge < -0.3 is 0 Å². The molecule has 0 unspecified atom stereocenters. The molecular formula is C50H31N3. The maximum absolute atomic E-state index is 5.20. The number of rotatable bonds is 4. The average molecular weight is 674 g/mol. The van der Waals surface area contributed by atoms with Crippen LogP contribution in [0.15, 0.2) is 188 Å². The van der Waals surface area contributed by atoms with Crippen molar-refractivity contribution in [2.75, 3.05) is 0 Å². The fourth-order valence-electron chi connectivity index (χ4n) is 8.30. The molecule has 11 aromatic rings. The largest absolute Gasteiger partial charge is 0.292 e. The van der Waals surface area contributed by atoms with Gasteiger partial charge in [-0.3, -0.25) is 9.55 Å². The number of imidazole rings is 1. The normalized spacial score (nSPS) is 11.8. The second-order valence-corrected chi connectivity index (χ2v) is 13.8. The third-order valence-electron chi connectivity index (χ3n) is 10.8. The Morgan fingerprint density at radius 3 is 1.91 bits per heavy atom. The Hall–Kier alpha value is -7.10. The third kappa shape index (κ3) is 4.68. The van der Waals surface area contributed by atoms with Gasteiger partial charge in [0.1, 0.15) is 5.82 Å². The van der Waals surface area contributed by atoms with Crippen molar-refractivity contribution in [1.82, 2.24) is 14.5 Å². The van der Waals surface area contributed by atoms with Crippen LogP contribution >= 0.6 is 0 Å². The summed E-state index contributed by atoms with van der Waals surface area (Å²) < 4.78 is 2.25. The third-order valence-corrected chi connectivity index (χ3v) is 10.8. The molecule has 246 valence electrons. The Morgan fingerprint density at radius 1 is 0.396 bits per heavy atom. The summed E-state index contributed by atoms with van der Waals surface area (Å²) in [6.07, 6.45) is 2.03. The van der Waals surface area contributed by atoms with E-state index in [9.17, 15) is 0 Å². The van der Waals surface area contributed by atoms with Crippen LogP contribution in [0.2, 0.25) is 0 Å². The van der Waals surface area contributed by atoms with Crippen molar-refractivity contribution < 1.29 is 0 Å². The van der Waals surface area contributed by atoms with Gasteiger partial charge in [0, 0.05) is 33.8 Å². The number of pyridine rings is 1. The first kappa shape index (κ1) is 29.6. The molecule has 0 atom stereocenters. The molecule has 9 aromatic carbocycles. The first-order valence-corrected chi connectivity index (χ1v) is 18.1. The SMILES string of the molecule is c1ccc(-n2c(-c3ccc(-c4cnc5c6ccccc6c6cc(-c7ccc8ccccc8c7)c7ccccc7c6c5c4)cc3)nc3ccccc32)cc1. The first-order chi connectivity index (χ1) is 26.3. The zero-order chi connectivity index (χ0) is 34.9. The molecule has 2 heterocycles. The smallest absolute Gasteiger partial charge is 0.145 e. The second kappa shape index (κ2) is 11.7. The molecule has 0 aliphatic rings. The molecule has 0 saturated carbocycles. The fourth-order valence-corrected chi connectivity index (χ4v) is 8.30. The van der Waals surface area contributed by atoms with Crippen molar-refractivity contribution >= 4 is 65.0 Å². The van der Waals surface area contributed by atoms with Crippen LogP contribution in [0.3, 0.4) is 0 Å². The van der Waals surface area contributed by atoms with E-state index in [0.717, 1.165) is 55.5 Å². The fraction of sp³-hybridized carbons (Fsp3) is 0. The number of hydrogen-bond acceptors (Lipinski definition) is 2. The lowest BCUT2D eigenvalue weighted by molar-refractivity contribution is 1.10. The summed E-state index contributed by atoms with van der Waals surface area (Å²) in [5.74, 6) is 0.923. The van der Waals surface area contributed by atoms with E-state index in [2.05, 4.69) is 174 Å². The van der Waals surface area contributed by atoms with Gasteiger partial charge in [0.2, 0.25) is 0 Å². The molecule has 0 bridgehead atoms. The van der Waals surface area contributed by atoms with E-state index in [1.807, 2.05) is 18.3 Å². The molecule has 2 aromatic heterocycles. The van der Waals surface area contributed by atoms with E-state index < -0.39 is 0 Å². The lowest BCUT2D eigenvalue weighted by Gasteiger charge is -2.17. The number of aromatic nitrogens is 3. The molecule has 3 nitrogen and oxygen atoms in total. The molecule has 0 spiro atoms. The molecule has 0 aliphatic heterocycles. The molecule has 0 N–H and O–H groups in total. The van der Waals surface area contributed by atoms with Crippen LogP contribution in [0.5, 0.6) is 0 Å². The quantitative estimate of drug-likeness (QED) is 0.174. The Bertz CT molecular complexity index is 3210. The molecule has 3 heteroatoms. The highest BCUT2D eigenvalue weighted by molar-refractivity contribution is 6.32. The summed E-state index contributed by atoms with van der Waals surface area (Å²) in [6.45, 7) is 0. The Labute approximate surface area is 306 Å². The van der Waals surface area contributed by atoms with Crippen molar-refractivity contribution in [2.45, 2.75) is 0 Å². The number of hydrogen-bond donors (Lipinski definition) is 0. The molecule has 0 radical (unpaired) electrons. The summed E-state index contributed by atoms with van der Waals surface area (Å²) in [5.41, 5.74) is 9.90. The number of para-hydroxylation sites is 3. The summed E-state index contributed by atoms with van der Waals surface area (Å²) in [5, 5.41) is 11.0. The molecule has 0 amide bonds. The van der Waals surface area contributed by atoms with Crippen molar-refractivity contribution in [3.63, 3.8) is 0 Å². The second-order valence-electron chi connectivity index (χ2n) is 13.8. The maximum atomic E-state index is 5.20. The van der Waals surface area contributed by atoms with Gasteiger partial charge in [-0.05, 0) is 96.9 Å². The monoisotopic (exact) mass is 673 g/mol. The van der Waals surface area contributed by atoms with Gasteiger partial charge in [-0.25, -0.2) is 4.98 Å². The van der Waals surface area contributed by atoms with Crippen LogP contribution < -0.4 is 0 Å². The van der Waals surface area contributed by atoms with E-state index in [-0.39, 0.29) is 0 Å². The molecule has 0 fully saturated rings. The first-order valence-electron chi connectivity index (χ1n) is 18.1. The standard InChI is InChI=1S/C50H31N3/c1-2-14-38(15-3-1)53-47-21-11-10-20-46(47)52-50(53)34-25-22-33(23-26-34)37-29-45-48-41-18-8-6-16-39(41)43(36-27-24-32-12-4-5-13-35(32)28-36)30-44(48)40-17-7-9-19-42(40)49(45)51-31-37/h1-31H. The summed E-state index contributed by atoms with van der Waals surface area (Å²) >= 11 is 0. The highest BCUT2D eigenvalue weighted by Gasteiger charge is 2.18. The van der Waals surface area contributed by atoms with Crippen LogP contribution in [0.4, 0.5) is 0 Å². The minimum Gasteiger partial charge on any atom is -0.292 e. The molecular weight excluding hydrogens is 643 g/mol. The molecule has 11 rings (SSSR count). The molecule has 53 heavy (non-hydrogen) atoms. The molecule has 0 saturated heterocycles. The molecule has 0 aliphatic carbocycles. The number of fused-ring (bicyclic) bond motifs is 10. The van der Waals surface area contributed by atoms with E-state index in [0.29, 0.717) is 0 Å². The van der Waals surface area contributed by atoms with Gasteiger partial charge in [0.05, 0.1) is 16.6 Å². The van der Waals surface area contributed by atoms with E-state index >= 15 is 0 Å². The van der Waals surface area contributed by atoms with Crippen LogP contribution in [0.1, 0.15) is 0 Å². The number of benzene rings is 9. The van der Waals surface area contributed by atoms with Crippen LogP contribution in [-0.2, 0) is 0 Å². The van der Waals surface area contributed by atoms with Crippen LogP contribution in [0, 0.1) is 0 Å². The maximum Gasteiger partial charge on any atom is 0.145 e. The van der Waals surface area contributed by atoms with E-state index in [4.69, 9.17) is 9.97 Å². The predicted octanol–water partition coefficient (Wildman–Crippen LogP) is 13.2. The van der Waals surface area contributed by atoms with Gasteiger partial charge in [-0.15, -0.1) is 0 Å². The Kier molecular flexibility index (Phi) is 6.55. The van der Waals surface area contributed by atoms with Crippen molar-refractivity contribution in [1.29, 1.82) is 0 Å². The van der Waals surface area contributed by atoms with Gasteiger partial charge >= 0.3 is 0 Å². The zero-order valence-corrected chi connectivity index (χ0v) is 28.7. The number of nitrogens with zero attached hydrogens (tertiary/aromatic N) is 3. The summed E-state index contributed by atoms with van der Waals surface area (Å²) in [6, 6.07) is 65.3. The Morgan fingerprint density at radius 2 is 1.06 bits per heavy atom. The lowest BCUT2D eigenvalue weighted by Crippen LogP contribution is -1.97. The summed E-state index contributed by atoms with van der Waals surface area (Å²) in [4.78, 5) is 10.3. The lowest BCUT2D eigenvalue weighted by atomic mass is 9.87. The van der Waals surface area contributed by atoms with Gasteiger partial charge in [0.25, 0.3) is 0 Å². The summed E-state index contributed by atoms with van der Waals surface area (Å²) in [7, 11) is 0. The van der Waals surface area contributed by atoms with Crippen molar-refractivity contribution in [3.8, 4) is 39.3 Å². The highest BCUT2D eigenvalue weighted by atomic mass is 15.1. The minimum atomic E-state index is 0.923. The Balaban J connectivity index is 1.11. The van der Waals surface area contributed by atoms with Gasteiger partial charge in [0.15, 0.2) is 0 Å². The van der Waals surface area contributed by atoms with Gasteiger partial charge in [-0.1, -0.05) is 140 Å². The van der Waals surface area contributed by atoms with Gasteiger partial charge in [-0.2, -0.15) is 0 Å². The van der Waals surface area contributed by atoms with Crippen molar-refractivity contribution in [2.24, 2.45) is 0 Å². The average Bonchev–Trinajstić information content (AvgIpc) is 3.63. The van der Waals surface area contributed by atoms with Crippen LogP contribution in [-0.4, -0.2) is 14.5 Å². The van der Waals surface area contributed by atoms with Crippen molar-refractivity contribution in [3.05, 3.63) is 188 Å². The van der Waals surface area contributed by atoms with E-state index in [1.165, 1.54) is 48.8 Å². The zero-order valence-electron chi connectivity index (χ0n) is 28.7. The van der Waals surface area contributed by atoms with Crippen LogP contribution in [0.25, 0.3) is 104 Å². The minimum absolute atomic E-state index is 0.923. The predicted molar refractivity (Wildman–Crippen MR) is 223 cm³/mol. The highest BCUT2D eigenvalue weighted by Crippen LogP contribution is 2.43. The topological polar surface area (TPSA) is 30.7 Å². The van der Waals surface area contributed by atoms with E-state index in [1.54, 1.807) is 0 Å².